The molecule has 0 radical (unpaired) electrons. The third kappa shape index (κ3) is 1.26. The van der Waals surface area contributed by atoms with Gasteiger partial charge in [0.25, 0.3) is 0 Å². The summed E-state index contributed by atoms with van der Waals surface area (Å²) in [5, 5.41) is 0. The maximum Gasteiger partial charge on any atom is 0.176 e. The van der Waals surface area contributed by atoms with Gasteiger partial charge >= 0.3 is 0 Å². The highest BCUT2D eigenvalue weighted by Gasteiger charge is 2.61. The van der Waals surface area contributed by atoms with Gasteiger partial charge in [0.05, 0.1) is 13.2 Å². The third-order valence-electron chi connectivity index (χ3n) is 3.79. The molecule has 2 bridgehead atoms. The van der Waals surface area contributed by atoms with Crippen LogP contribution in [0.25, 0.3) is 0 Å². The Labute approximate surface area is 95.2 Å². The van der Waals surface area contributed by atoms with Crippen LogP contribution < -0.4 is 0 Å². The average molecular weight is 223 g/mol. The minimum Gasteiger partial charge on any atom is -0.383 e. The molecule has 2 aliphatic carbocycles. The van der Waals surface area contributed by atoms with Crippen LogP contribution in [0.4, 0.5) is 0 Å². The van der Waals surface area contributed by atoms with E-state index in [0.29, 0.717) is 19.0 Å². The summed E-state index contributed by atoms with van der Waals surface area (Å²) in [6, 6.07) is 0. The quantitative estimate of drug-likeness (QED) is 0.616. The molecule has 0 amide bonds. The van der Waals surface area contributed by atoms with E-state index in [2.05, 4.69) is 0 Å². The number of ether oxygens (including phenoxy) is 2. The summed E-state index contributed by atoms with van der Waals surface area (Å²) >= 11 is 0. The molecule has 3 rings (SSSR count). The molecular weight excluding hydrogens is 206 g/mol. The Hall–Kier alpha value is -0.870. The molecular formula is C12H17NO3. The van der Waals surface area contributed by atoms with Gasteiger partial charge in [0.1, 0.15) is 0 Å². The van der Waals surface area contributed by atoms with Crippen LogP contribution in [0.5, 0.6) is 0 Å². The summed E-state index contributed by atoms with van der Waals surface area (Å²) < 4.78 is 11.5. The van der Waals surface area contributed by atoms with Gasteiger partial charge in [-0.25, -0.2) is 0 Å². The van der Waals surface area contributed by atoms with E-state index in [9.17, 15) is 4.79 Å². The van der Waals surface area contributed by atoms with Crippen molar-refractivity contribution in [2.75, 3.05) is 27.3 Å². The Morgan fingerprint density at radius 1 is 1.38 bits per heavy atom. The summed E-state index contributed by atoms with van der Waals surface area (Å²) in [5.41, 5.74) is 0.892. The van der Waals surface area contributed by atoms with Crippen molar-refractivity contribution in [1.29, 1.82) is 0 Å². The Kier molecular flexibility index (Phi) is 2.13. The van der Waals surface area contributed by atoms with E-state index in [4.69, 9.17) is 9.47 Å². The van der Waals surface area contributed by atoms with E-state index in [1.807, 2.05) is 25.2 Å². The fourth-order valence-electron chi connectivity index (χ4n) is 3.23. The first-order valence-electron chi connectivity index (χ1n) is 5.83. The van der Waals surface area contributed by atoms with Crippen molar-refractivity contribution in [3.05, 3.63) is 11.8 Å². The second-order valence-electron chi connectivity index (χ2n) is 5.11. The molecule has 1 heterocycles. The lowest BCUT2D eigenvalue weighted by molar-refractivity contribution is -0.181. The molecule has 0 unspecified atom stereocenters. The number of carbonyl (C=O) groups is 1. The largest absolute Gasteiger partial charge is 0.383 e. The number of nitrogens with zero attached hydrogens (tertiary/aromatic N) is 1. The topological polar surface area (TPSA) is 38.8 Å². The van der Waals surface area contributed by atoms with Gasteiger partial charge in [0, 0.05) is 44.1 Å². The first-order chi connectivity index (χ1) is 7.62. The molecule has 0 N–H and O–H groups in total. The molecule has 4 heteroatoms. The molecule has 4 nitrogen and oxygen atoms in total. The maximum atomic E-state index is 12.0. The molecule has 1 spiro atoms. The van der Waals surface area contributed by atoms with E-state index in [1.165, 1.54) is 0 Å². The van der Waals surface area contributed by atoms with Gasteiger partial charge < -0.3 is 14.4 Å². The maximum absolute atomic E-state index is 12.0. The van der Waals surface area contributed by atoms with E-state index in [-0.39, 0.29) is 11.8 Å². The third-order valence-corrected chi connectivity index (χ3v) is 3.79. The van der Waals surface area contributed by atoms with Crippen LogP contribution in [-0.4, -0.2) is 43.8 Å². The van der Waals surface area contributed by atoms with Crippen molar-refractivity contribution in [3.8, 4) is 0 Å². The van der Waals surface area contributed by atoms with Crippen LogP contribution in [-0.2, 0) is 14.3 Å². The molecule has 2 atom stereocenters. The van der Waals surface area contributed by atoms with Crippen LogP contribution in [0.3, 0.4) is 0 Å². The highest BCUT2D eigenvalue weighted by molar-refractivity contribution is 6.01. The minimum absolute atomic E-state index is 0.120. The second-order valence-corrected chi connectivity index (χ2v) is 5.11. The Balaban J connectivity index is 1.94. The number of Topliss-reactive ketones (excluding diaryl/α,β-unsaturated/α-hetero) is 1. The van der Waals surface area contributed by atoms with Crippen LogP contribution in [0.2, 0.25) is 0 Å². The number of carbonyl (C=O) groups excluding carboxylic acids is 1. The summed E-state index contributed by atoms with van der Waals surface area (Å²) in [4.78, 5) is 14.0. The predicted octanol–water partition coefficient (Wildman–Crippen LogP) is 0.784. The molecule has 1 saturated heterocycles. The normalized spacial score (nSPS) is 37.9. The van der Waals surface area contributed by atoms with Gasteiger partial charge in [-0.3, -0.25) is 4.79 Å². The average Bonchev–Trinajstić information content (AvgIpc) is 2.88. The van der Waals surface area contributed by atoms with Crippen molar-refractivity contribution in [2.24, 2.45) is 11.8 Å². The number of ketones is 1. The van der Waals surface area contributed by atoms with E-state index < -0.39 is 5.79 Å². The van der Waals surface area contributed by atoms with Crippen LogP contribution in [0.1, 0.15) is 12.8 Å². The summed E-state index contributed by atoms with van der Waals surface area (Å²) in [7, 11) is 3.88. The molecule has 0 aromatic rings. The van der Waals surface area contributed by atoms with Gasteiger partial charge in [-0.2, -0.15) is 0 Å². The van der Waals surface area contributed by atoms with Crippen molar-refractivity contribution in [2.45, 2.75) is 18.6 Å². The molecule has 1 aliphatic heterocycles. The second kappa shape index (κ2) is 3.31. The van der Waals surface area contributed by atoms with Crippen molar-refractivity contribution in [1.82, 2.24) is 4.90 Å². The lowest BCUT2D eigenvalue weighted by atomic mass is 9.88. The number of rotatable bonds is 1. The summed E-state index contributed by atoms with van der Waals surface area (Å²) in [6.07, 6.45) is 3.58. The molecule has 88 valence electrons. The van der Waals surface area contributed by atoms with E-state index >= 15 is 0 Å². The molecule has 0 aromatic carbocycles. The zero-order valence-corrected chi connectivity index (χ0v) is 9.73. The number of fused-ring (bicyclic) bond motifs is 3. The summed E-state index contributed by atoms with van der Waals surface area (Å²) in [6.45, 7) is 1.32. The standard InChI is InChI=1S/C12H17NO3/c1-13(2)7-9-10-5-8(11(9)14)6-12(10)15-3-4-16-12/h7-8,10H,3-6H2,1-2H3/b9-7+/t8-,10-/m1/s1. The highest BCUT2D eigenvalue weighted by atomic mass is 16.7. The highest BCUT2D eigenvalue weighted by Crippen LogP contribution is 2.55. The number of hydrogen-bond acceptors (Lipinski definition) is 4. The lowest BCUT2D eigenvalue weighted by Crippen LogP contribution is -2.40. The molecule has 16 heavy (non-hydrogen) atoms. The number of hydrogen-bond donors (Lipinski definition) is 0. The zero-order chi connectivity index (χ0) is 11.3. The Morgan fingerprint density at radius 3 is 2.62 bits per heavy atom. The first-order valence-corrected chi connectivity index (χ1v) is 5.83. The molecule has 2 saturated carbocycles. The van der Waals surface area contributed by atoms with E-state index in [0.717, 1.165) is 18.4 Å². The first kappa shape index (κ1) is 10.3. The van der Waals surface area contributed by atoms with Gasteiger partial charge in [0.2, 0.25) is 0 Å². The van der Waals surface area contributed by atoms with Crippen LogP contribution in [0, 0.1) is 11.8 Å². The zero-order valence-electron chi connectivity index (χ0n) is 9.73. The SMILES string of the molecule is CN(C)/C=C1/C(=O)[C@@H]2C[C@H]1C1(C2)OCCO1. The van der Waals surface area contributed by atoms with Crippen molar-refractivity contribution in [3.63, 3.8) is 0 Å². The monoisotopic (exact) mass is 223 g/mol. The molecule has 3 aliphatic rings. The fourth-order valence-corrected chi connectivity index (χ4v) is 3.23. The molecule has 3 fully saturated rings. The molecule has 0 aromatic heterocycles. The van der Waals surface area contributed by atoms with Crippen LogP contribution >= 0.6 is 0 Å². The van der Waals surface area contributed by atoms with Gasteiger partial charge in [-0.15, -0.1) is 0 Å². The Morgan fingerprint density at radius 2 is 2.06 bits per heavy atom. The lowest BCUT2D eigenvalue weighted by Gasteiger charge is -2.32. The predicted molar refractivity (Wildman–Crippen MR) is 57.6 cm³/mol. The van der Waals surface area contributed by atoms with Crippen molar-refractivity contribution >= 4 is 5.78 Å². The van der Waals surface area contributed by atoms with Crippen molar-refractivity contribution < 1.29 is 14.3 Å². The minimum atomic E-state index is -0.472. The van der Waals surface area contributed by atoms with Crippen LogP contribution in [0.15, 0.2) is 11.8 Å². The smallest absolute Gasteiger partial charge is 0.176 e. The summed E-state index contributed by atoms with van der Waals surface area (Å²) in [5.74, 6) is 0.0908. The van der Waals surface area contributed by atoms with Gasteiger partial charge in [-0.1, -0.05) is 0 Å². The van der Waals surface area contributed by atoms with Gasteiger partial charge in [0.15, 0.2) is 11.6 Å². The van der Waals surface area contributed by atoms with Gasteiger partial charge in [-0.05, 0) is 6.42 Å². The Bertz CT molecular complexity index is 355. The van der Waals surface area contributed by atoms with E-state index in [1.54, 1.807) is 0 Å². The fraction of sp³-hybridized carbons (Fsp3) is 0.750.